The van der Waals surface area contributed by atoms with Crippen molar-refractivity contribution in [3.63, 3.8) is 0 Å². The molecule has 0 saturated carbocycles. The summed E-state index contributed by atoms with van der Waals surface area (Å²) in [6, 6.07) is 15.8. The minimum Gasteiger partial charge on any atom is -0.492 e. The zero-order chi connectivity index (χ0) is 21.1. The first-order valence-electron chi connectivity index (χ1n) is 8.97. The molecule has 0 saturated heterocycles. The average molecular weight is 435 g/mol. The number of esters is 1. The monoisotopic (exact) mass is 434 g/mol. The highest BCUT2D eigenvalue weighted by Gasteiger charge is 2.17. The number of amides is 1. The predicted molar refractivity (Wildman–Crippen MR) is 111 cm³/mol. The molecular weight excluding hydrogens is 415 g/mol. The number of ether oxygens (including phenoxy) is 2. The molecule has 6 nitrogen and oxygen atoms in total. The van der Waals surface area contributed by atoms with Crippen molar-refractivity contribution >= 4 is 40.8 Å². The summed E-state index contributed by atoms with van der Waals surface area (Å²) in [5, 5.41) is 9.70. The molecule has 2 rings (SSSR count). The van der Waals surface area contributed by atoms with E-state index in [1.54, 1.807) is 42.5 Å². The second-order valence-electron chi connectivity index (χ2n) is 5.98. The number of nitriles is 1. The average Bonchev–Trinajstić information content (AvgIpc) is 2.72. The van der Waals surface area contributed by atoms with Gasteiger partial charge < -0.3 is 14.4 Å². The minimum absolute atomic E-state index is 0.0992. The fourth-order valence-corrected chi connectivity index (χ4v) is 2.91. The number of halogens is 2. The summed E-state index contributed by atoms with van der Waals surface area (Å²) in [6.07, 6.45) is 0.685. The van der Waals surface area contributed by atoms with Crippen molar-refractivity contribution in [1.82, 2.24) is 0 Å². The van der Waals surface area contributed by atoms with Crippen molar-refractivity contribution in [1.29, 1.82) is 5.26 Å². The van der Waals surface area contributed by atoms with Crippen molar-refractivity contribution in [3.05, 3.63) is 58.6 Å². The van der Waals surface area contributed by atoms with Crippen LogP contribution >= 0.6 is 23.2 Å². The lowest BCUT2D eigenvalue weighted by molar-refractivity contribution is -0.148. The highest BCUT2D eigenvalue weighted by atomic mass is 35.5. The standard InChI is InChI=1S/C21H20Cl2N2O4/c22-16-9-10-19(18(23)14-16)28-13-4-8-21(27)29-15-20(26)25(12-5-11-24)17-6-2-1-3-7-17/h1-3,6-7,9-10,14H,4-5,8,12-13,15H2. The molecule has 0 heterocycles. The van der Waals surface area contributed by atoms with Crippen molar-refractivity contribution in [2.24, 2.45) is 0 Å². The Bertz CT molecular complexity index is 869. The van der Waals surface area contributed by atoms with Gasteiger partial charge in [0.05, 0.1) is 24.1 Å². The second-order valence-corrected chi connectivity index (χ2v) is 6.82. The molecule has 1 amide bonds. The smallest absolute Gasteiger partial charge is 0.306 e. The van der Waals surface area contributed by atoms with Gasteiger partial charge >= 0.3 is 5.97 Å². The molecule has 0 radical (unpaired) electrons. The van der Waals surface area contributed by atoms with Crippen LogP contribution in [0.5, 0.6) is 5.75 Å². The molecule has 2 aromatic rings. The van der Waals surface area contributed by atoms with E-state index in [4.69, 9.17) is 37.9 Å². The van der Waals surface area contributed by atoms with Gasteiger partial charge in [-0.05, 0) is 36.8 Å². The Hall–Kier alpha value is -2.75. The largest absolute Gasteiger partial charge is 0.492 e. The molecule has 0 aliphatic rings. The number of anilines is 1. The molecular formula is C21H20Cl2N2O4. The lowest BCUT2D eigenvalue weighted by Gasteiger charge is -2.21. The van der Waals surface area contributed by atoms with Crippen LogP contribution in [0.4, 0.5) is 5.69 Å². The molecule has 0 unspecified atom stereocenters. The molecule has 0 atom stereocenters. The summed E-state index contributed by atoms with van der Waals surface area (Å²) in [7, 11) is 0. The first-order chi connectivity index (χ1) is 14.0. The van der Waals surface area contributed by atoms with Crippen LogP contribution in [0.1, 0.15) is 19.3 Å². The maximum Gasteiger partial charge on any atom is 0.306 e. The molecule has 0 bridgehead atoms. The first kappa shape index (κ1) is 22.5. The zero-order valence-electron chi connectivity index (χ0n) is 15.6. The molecule has 0 fully saturated rings. The van der Waals surface area contributed by atoms with E-state index in [9.17, 15) is 9.59 Å². The number of carbonyl (C=O) groups excluding carboxylic acids is 2. The summed E-state index contributed by atoms with van der Waals surface area (Å²) in [6.45, 7) is 0.109. The normalized spacial score (nSPS) is 10.1. The summed E-state index contributed by atoms with van der Waals surface area (Å²) >= 11 is 11.8. The van der Waals surface area contributed by atoms with Crippen LogP contribution in [-0.2, 0) is 14.3 Å². The fraction of sp³-hybridized carbons (Fsp3) is 0.286. The van der Waals surface area contributed by atoms with E-state index in [1.165, 1.54) is 4.90 Å². The topological polar surface area (TPSA) is 79.6 Å². The summed E-state index contributed by atoms with van der Waals surface area (Å²) in [5.41, 5.74) is 0.650. The van der Waals surface area contributed by atoms with E-state index in [-0.39, 0.29) is 38.5 Å². The van der Waals surface area contributed by atoms with E-state index in [0.29, 0.717) is 27.9 Å². The van der Waals surface area contributed by atoms with E-state index in [2.05, 4.69) is 0 Å². The molecule has 0 aliphatic heterocycles. The molecule has 0 aromatic heterocycles. The Kier molecular flexibility index (Phi) is 9.29. The van der Waals surface area contributed by atoms with Crippen LogP contribution in [0.3, 0.4) is 0 Å². The third-order valence-electron chi connectivity index (χ3n) is 3.85. The molecule has 0 spiro atoms. The zero-order valence-corrected chi connectivity index (χ0v) is 17.2. The number of hydrogen-bond donors (Lipinski definition) is 0. The maximum atomic E-state index is 12.4. The van der Waals surface area contributed by atoms with E-state index in [0.717, 1.165) is 0 Å². The van der Waals surface area contributed by atoms with Gasteiger partial charge in [-0.25, -0.2) is 0 Å². The Labute approximate surface area is 179 Å². The number of benzene rings is 2. The lowest BCUT2D eigenvalue weighted by Crippen LogP contribution is -2.35. The number of hydrogen-bond acceptors (Lipinski definition) is 5. The number of rotatable bonds is 10. The summed E-state index contributed by atoms with van der Waals surface area (Å²) < 4.78 is 10.6. The Morgan fingerprint density at radius 3 is 2.55 bits per heavy atom. The maximum absolute atomic E-state index is 12.4. The molecule has 29 heavy (non-hydrogen) atoms. The van der Waals surface area contributed by atoms with Gasteiger partial charge in [-0.15, -0.1) is 0 Å². The van der Waals surface area contributed by atoms with Crippen molar-refractivity contribution in [2.75, 3.05) is 24.7 Å². The van der Waals surface area contributed by atoms with Crippen LogP contribution in [0.15, 0.2) is 48.5 Å². The SMILES string of the molecule is N#CCCN(C(=O)COC(=O)CCCOc1ccc(Cl)cc1Cl)c1ccccc1. The number of nitrogens with zero attached hydrogens (tertiary/aromatic N) is 2. The van der Waals surface area contributed by atoms with Crippen molar-refractivity contribution < 1.29 is 19.1 Å². The summed E-state index contributed by atoms with van der Waals surface area (Å²) in [5.74, 6) is -0.406. The third-order valence-corrected chi connectivity index (χ3v) is 4.38. The first-order valence-corrected chi connectivity index (χ1v) is 9.72. The summed E-state index contributed by atoms with van der Waals surface area (Å²) in [4.78, 5) is 25.8. The highest BCUT2D eigenvalue weighted by molar-refractivity contribution is 6.35. The molecule has 152 valence electrons. The van der Waals surface area contributed by atoms with Crippen molar-refractivity contribution in [2.45, 2.75) is 19.3 Å². The Morgan fingerprint density at radius 1 is 1.10 bits per heavy atom. The van der Waals surface area contributed by atoms with E-state index < -0.39 is 5.97 Å². The van der Waals surface area contributed by atoms with E-state index in [1.807, 2.05) is 12.1 Å². The van der Waals surface area contributed by atoms with Gasteiger partial charge in [0, 0.05) is 23.7 Å². The van der Waals surface area contributed by atoms with Crippen LogP contribution in [0.25, 0.3) is 0 Å². The molecule has 2 aromatic carbocycles. The van der Waals surface area contributed by atoms with Gasteiger partial charge in [-0.3, -0.25) is 9.59 Å². The number of carbonyl (C=O) groups is 2. The van der Waals surface area contributed by atoms with Gasteiger partial charge in [0.1, 0.15) is 5.75 Å². The Balaban J connectivity index is 1.75. The van der Waals surface area contributed by atoms with Crippen LogP contribution in [0, 0.1) is 11.3 Å². The van der Waals surface area contributed by atoms with Gasteiger partial charge in [-0.2, -0.15) is 5.26 Å². The molecule has 0 aliphatic carbocycles. The second kappa shape index (κ2) is 11.9. The molecule has 8 heteroatoms. The fourth-order valence-electron chi connectivity index (χ4n) is 2.45. The third kappa shape index (κ3) is 7.65. The minimum atomic E-state index is -0.502. The van der Waals surface area contributed by atoms with Gasteiger partial charge in [0.15, 0.2) is 6.61 Å². The lowest BCUT2D eigenvalue weighted by atomic mass is 10.2. The van der Waals surface area contributed by atoms with Gasteiger partial charge in [0.25, 0.3) is 5.91 Å². The van der Waals surface area contributed by atoms with Crippen molar-refractivity contribution in [3.8, 4) is 11.8 Å². The quantitative estimate of drug-likeness (QED) is 0.401. The predicted octanol–water partition coefficient (Wildman–Crippen LogP) is 4.64. The van der Waals surface area contributed by atoms with Gasteiger partial charge in [0.2, 0.25) is 0 Å². The molecule has 0 N–H and O–H groups in total. The van der Waals surface area contributed by atoms with Crippen LogP contribution in [-0.4, -0.2) is 31.6 Å². The Morgan fingerprint density at radius 2 is 1.86 bits per heavy atom. The van der Waals surface area contributed by atoms with Crippen LogP contribution < -0.4 is 9.64 Å². The van der Waals surface area contributed by atoms with Gasteiger partial charge in [-0.1, -0.05) is 41.4 Å². The van der Waals surface area contributed by atoms with E-state index >= 15 is 0 Å². The van der Waals surface area contributed by atoms with Crippen LogP contribution in [0.2, 0.25) is 10.0 Å². The highest BCUT2D eigenvalue weighted by Crippen LogP contribution is 2.27. The number of para-hydroxylation sites is 1.